The van der Waals surface area contributed by atoms with Gasteiger partial charge in [0.25, 0.3) is 5.92 Å². The largest absolute Gasteiger partial charge is 0.354 e. The number of alkyl halides is 2. The third-order valence-electron chi connectivity index (χ3n) is 9.02. The molecule has 45 heavy (non-hydrogen) atoms. The maximum atomic E-state index is 15.8. The second-order valence-corrected chi connectivity index (χ2v) is 14.5. The number of halogens is 3. The predicted octanol–water partition coefficient (Wildman–Crippen LogP) is 2.67. The van der Waals surface area contributed by atoms with Gasteiger partial charge in [0.05, 0.1) is 4.90 Å². The molecule has 1 aromatic carbocycles. The highest BCUT2D eigenvalue weighted by molar-refractivity contribution is 7.89. The monoisotopic (exact) mass is 667 g/mol. The van der Waals surface area contributed by atoms with Crippen LogP contribution >= 0.6 is 11.6 Å². The third kappa shape index (κ3) is 7.25. The number of piperazine rings is 1. The normalized spacial score (nSPS) is 24.1. The lowest BCUT2D eigenvalue weighted by Crippen LogP contribution is -2.49. The van der Waals surface area contributed by atoms with Gasteiger partial charge in [-0.3, -0.25) is 9.59 Å². The molecule has 11 nitrogen and oxygen atoms in total. The third-order valence-corrected chi connectivity index (χ3v) is 11.1. The fourth-order valence-electron chi connectivity index (χ4n) is 6.30. The maximum Gasteiger partial charge on any atom is 0.276 e. The zero-order valence-electron chi connectivity index (χ0n) is 25.2. The van der Waals surface area contributed by atoms with Gasteiger partial charge >= 0.3 is 0 Å². The predicted molar refractivity (Wildman–Crippen MR) is 168 cm³/mol. The first kappa shape index (κ1) is 33.5. The second kappa shape index (κ2) is 13.4. The van der Waals surface area contributed by atoms with Crippen molar-refractivity contribution in [1.29, 1.82) is 0 Å². The van der Waals surface area contributed by atoms with Gasteiger partial charge in [0.1, 0.15) is 11.0 Å². The number of carbonyl (C=O) groups is 2. The number of hydrogen-bond donors (Lipinski definition) is 3. The van der Waals surface area contributed by atoms with Crippen LogP contribution in [0.1, 0.15) is 44.6 Å². The average Bonchev–Trinajstić information content (AvgIpc) is 3.38. The number of sulfonamides is 1. The van der Waals surface area contributed by atoms with Gasteiger partial charge in [-0.15, -0.1) is 0 Å². The van der Waals surface area contributed by atoms with Gasteiger partial charge in [-0.05, 0) is 69.0 Å². The number of carbonyl (C=O) groups excluding carboxylic acids is 2. The molecule has 0 bridgehead atoms. The highest BCUT2D eigenvalue weighted by Crippen LogP contribution is 2.46. The quantitative estimate of drug-likeness (QED) is 0.345. The van der Waals surface area contributed by atoms with E-state index in [0.717, 1.165) is 0 Å². The maximum absolute atomic E-state index is 15.8. The van der Waals surface area contributed by atoms with Crippen molar-refractivity contribution in [3.05, 3.63) is 47.1 Å². The average molecular weight is 668 g/mol. The van der Waals surface area contributed by atoms with Crippen molar-refractivity contribution in [2.75, 3.05) is 49.1 Å². The van der Waals surface area contributed by atoms with Crippen molar-refractivity contribution in [1.82, 2.24) is 14.6 Å². The molecule has 0 radical (unpaired) electrons. The van der Waals surface area contributed by atoms with Crippen LogP contribution in [0.5, 0.6) is 0 Å². The molecule has 0 spiro atoms. The molecule has 3 aliphatic rings. The van der Waals surface area contributed by atoms with Crippen LogP contribution < -0.4 is 26.6 Å². The van der Waals surface area contributed by atoms with Crippen LogP contribution in [0, 0.1) is 11.8 Å². The summed E-state index contributed by atoms with van der Waals surface area (Å²) >= 11 is 6.23. The molecular weight excluding hydrogens is 628 g/mol. The van der Waals surface area contributed by atoms with E-state index in [2.05, 4.69) is 10.3 Å². The minimum absolute atomic E-state index is 0.0707. The summed E-state index contributed by atoms with van der Waals surface area (Å²) in [7, 11) is -3.83. The van der Waals surface area contributed by atoms with Crippen molar-refractivity contribution < 1.29 is 26.8 Å². The number of benzene rings is 1. The van der Waals surface area contributed by atoms with Crippen LogP contribution in [0.2, 0.25) is 5.15 Å². The van der Waals surface area contributed by atoms with Crippen LogP contribution in [0.25, 0.3) is 0 Å². The Hall–Kier alpha value is -2.91. The number of aromatic nitrogens is 1. The van der Waals surface area contributed by atoms with Crippen LogP contribution in [-0.4, -0.2) is 80.9 Å². The van der Waals surface area contributed by atoms with Crippen molar-refractivity contribution in [2.45, 2.75) is 61.9 Å². The zero-order valence-corrected chi connectivity index (χ0v) is 26.7. The minimum Gasteiger partial charge on any atom is -0.354 e. The van der Waals surface area contributed by atoms with E-state index in [9.17, 15) is 18.0 Å². The number of nitrogens with one attached hydrogen (secondary N) is 1. The molecule has 246 valence electrons. The Kier molecular flexibility index (Phi) is 9.99. The van der Waals surface area contributed by atoms with Crippen LogP contribution in [0.3, 0.4) is 0 Å². The molecule has 1 unspecified atom stereocenters. The standard InChI is InChI=1S/C30H40ClF2N7O4S/c1-19(17-34)36-29(42)20-2-4-21(5-3-20)30(32,33)22-14-26(31)37-27(15-22)38-10-12-39(13-11-38)45(43,44)25-8-6-24(7-9-25)40-18-23(35)16-28(40)41/h6-9,14-15,19-21,23H,2-5,10-13,16-18,34-35H2,1H3,(H,36,42)/t19?,20-,21-,23-/m1/s1. The number of rotatable bonds is 9. The van der Waals surface area contributed by atoms with E-state index in [0.29, 0.717) is 31.6 Å². The Labute approximate surface area is 267 Å². The van der Waals surface area contributed by atoms with Crippen molar-refractivity contribution in [3.8, 4) is 0 Å². The van der Waals surface area contributed by atoms with Gasteiger partial charge < -0.3 is 26.6 Å². The number of nitrogens with zero attached hydrogens (tertiary/aromatic N) is 4. The summed E-state index contributed by atoms with van der Waals surface area (Å²) in [5.74, 6) is -4.44. The molecule has 1 saturated carbocycles. The Balaban J connectivity index is 1.21. The molecule has 5 N–H and O–H groups in total. The number of anilines is 2. The molecular formula is C30H40ClF2N7O4S. The number of amides is 2. The van der Waals surface area contributed by atoms with Gasteiger partial charge in [-0.1, -0.05) is 11.6 Å². The molecule has 15 heteroatoms. The number of hydrogen-bond acceptors (Lipinski definition) is 8. The van der Waals surface area contributed by atoms with Crippen LogP contribution in [-0.2, 0) is 25.5 Å². The first-order chi connectivity index (χ1) is 21.3. The van der Waals surface area contributed by atoms with E-state index in [1.807, 2.05) is 0 Å². The number of pyridine rings is 1. The summed E-state index contributed by atoms with van der Waals surface area (Å²) < 4.78 is 59.7. The fraction of sp³-hybridized carbons (Fsp3) is 0.567. The summed E-state index contributed by atoms with van der Waals surface area (Å²) in [6.07, 6.45) is 1.35. The smallest absolute Gasteiger partial charge is 0.276 e. The lowest BCUT2D eigenvalue weighted by molar-refractivity contribution is -0.129. The molecule has 3 heterocycles. The topological polar surface area (TPSA) is 155 Å². The van der Waals surface area contributed by atoms with Crippen molar-refractivity contribution in [3.63, 3.8) is 0 Å². The summed E-state index contributed by atoms with van der Waals surface area (Å²) in [6.45, 7) is 3.21. The summed E-state index contributed by atoms with van der Waals surface area (Å²) in [4.78, 5) is 32.3. The summed E-state index contributed by atoms with van der Waals surface area (Å²) in [5, 5.41) is 2.76. The molecule has 2 atom stereocenters. The van der Waals surface area contributed by atoms with Gasteiger partial charge in [0.15, 0.2) is 0 Å². The lowest BCUT2D eigenvalue weighted by atomic mass is 9.77. The second-order valence-electron chi connectivity index (χ2n) is 12.2. The van der Waals surface area contributed by atoms with Crippen LogP contribution in [0.15, 0.2) is 41.3 Å². The van der Waals surface area contributed by atoms with Crippen molar-refractivity contribution >= 4 is 44.9 Å². The minimum atomic E-state index is -3.83. The molecule has 1 aromatic heterocycles. The van der Waals surface area contributed by atoms with Gasteiger partial charge in [0.2, 0.25) is 21.8 Å². The number of nitrogens with two attached hydrogens (primary N) is 2. The summed E-state index contributed by atoms with van der Waals surface area (Å²) in [5.41, 5.74) is 11.8. The Bertz CT molecular complexity index is 1500. The van der Waals surface area contributed by atoms with E-state index in [4.69, 9.17) is 23.1 Å². The van der Waals surface area contributed by atoms with Crippen molar-refractivity contribution in [2.24, 2.45) is 23.3 Å². The molecule has 2 saturated heterocycles. The van der Waals surface area contributed by atoms with Gasteiger partial charge in [-0.25, -0.2) is 22.2 Å². The lowest BCUT2D eigenvalue weighted by Gasteiger charge is -2.36. The van der Waals surface area contributed by atoms with Crippen LogP contribution in [0.4, 0.5) is 20.3 Å². The Morgan fingerprint density at radius 3 is 2.33 bits per heavy atom. The highest BCUT2D eigenvalue weighted by atomic mass is 35.5. The summed E-state index contributed by atoms with van der Waals surface area (Å²) in [6, 6.07) is 8.24. The first-order valence-corrected chi connectivity index (χ1v) is 17.1. The Morgan fingerprint density at radius 2 is 1.76 bits per heavy atom. The van der Waals surface area contributed by atoms with E-state index < -0.39 is 21.9 Å². The zero-order chi connectivity index (χ0) is 32.5. The van der Waals surface area contributed by atoms with E-state index in [1.165, 1.54) is 28.6 Å². The van der Waals surface area contributed by atoms with E-state index in [1.54, 1.807) is 28.9 Å². The highest BCUT2D eigenvalue weighted by Gasteiger charge is 2.44. The fourth-order valence-corrected chi connectivity index (χ4v) is 7.93. The molecule has 2 amide bonds. The molecule has 5 rings (SSSR count). The Morgan fingerprint density at radius 1 is 1.11 bits per heavy atom. The van der Waals surface area contributed by atoms with E-state index >= 15 is 8.78 Å². The molecule has 2 aliphatic heterocycles. The molecule has 2 aromatic rings. The molecule has 1 aliphatic carbocycles. The van der Waals surface area contributed by atoms with Gasteiger partial charge in [-0.2, -0.15) is 4.31 Å². The van der Waals surface area contributed by atoms with E-state index in [-0.39, 0.29) is 96.7 Å². The SMILES string of the molecule is CC(CN)NC(=O)[C@H]1CC[C@H](C(F)(F)c2cc(Cl)nc(N3CCN(S(=O)(=O)c4ccc(N5C[C@H](N)CC5=O)cc4)CC3)c2)CC1. The van der Waals surface area contributed by atoms with Gasteiger partial charge in [0, 0.05) is 80.9 Å². The molecule has 3 fully saturated rings. The first-order valence-electron chi connectivity index (χ1n) is 15.3.